The third-order valence-corrected chi connectivity index (χ3v) is 7.08. The van der Waals surface area contributed by atoms with E-state index in [-0.39, 0.29) is 12.1 Å². The van der Waals surface area contributed by atoms with Gasteiger partial charge in [0, 0.05) is 74.4 Å². The van der Waals surface area contributed by atoms with Gasteiger partial charge in [0.1, 0.15) is 17.1 Å². The number of rotatable bonds is 12. The summed E-state index contributed by atoms with van der Waals surface area (Å²) in [4.78, 5) is 31.2. The molecule has 5 heterocycles. The molecule has 39 heavy (non-hydrogen) atoms. The van der Waals surface area contributed by atoms with E-state index in [9.17, 15) is 9.18 Å². The number of aromatic nitrogens is 5. The van der Waals surface area contributed by atoms with E-state index in [2.05, 4.69) is 24.8 Å². The van der Waals surface area contributed by atoms with Crippen LogP contribution in [0.4, 0.5) is 9.18 Å². The number of unbranched alkanes of at least 4 members (excludes halogenated alkanes) is 2. The summed E-state index contributed by atoms with van der Waals surface area (Å²) >= 11 is 0. The van der Waals surface area contributed by atoms with Crippen LogP contribution < -0.4 is 5.32 Å². The Labute approximate surface area is 226 Å². The Kier molecular flexibility index (Phi) is 9.00. The number of amides is 2. The predicted molar refractivity (Wildman–Crippen MR) is 147 cm³/mol. The van der Waals surface area contributed by atoms with Crippen LogP contribution in [0.2, 0.25) is 0 Å². The highest BCUT2D eigenvalue weighted by Crippen LogP contribution is 2.29. The lowest BCUT2D eigenvalue weighted by Crippen LogP contribution is -2.46. The van der Waals surface area contributed by atoms with Gasteiger partial charge in [-0.15, -0.1) is 0 Å². The van der Waals surface area contributed by atoms with Gasteiger partial charge in [-0.1, -0.05) is 0 Å². The number of nitrogens with one attached hydrogen (secondary N) is 2. The van der Waals surface area contributed by atoms with Gasteiger partial charge < -0.3 is 29.2 Å². The number of halogens is 1. The normalized spacial score (nSPS) is 15.8. The highest BCUT2D eigenvalue weighted by atomic mass is 19.1. The molecular formula is C28H36FN7O3. The molecule has 4 aromatic heterocycles. The third-order valence-electron chi connectivity index (χ3n) is 7.08. The van der Waals surface area contributed by atoms with Crippen LogP contribution in [0, 0.1) is 5.82 Å². The lowest BCUT2D eigenvalue weighted by atomic mass is 10.1. The highest BCUT2D eigenvalue weighted by Gasteiger charge is 2.26. The summed E-state index contributed by atoms with van der Waals surface area (Å²) in [6.07, 6.45) is 11.7. The van der Waals surface area contributed by atoms with E-state index in [0.29, 0.717) is 48.7 Å². The largest absolute Gasteiger partial charge is 0.382 e. The first-order valence-electron chi connectivity index (χ1n) is 13.8. The zero-order chi connectivity index (χ0) is 27.0. The molecule has 0 spiro atoms. The minimum absolute atomic E-state index is 0.0693. The van der Waals surface area contributed by atoms with Gasteiger partial charge in [0.25, 0.3) is 0 Å². The molecule has 0 saturated carbocycles. The summed E-state index contributed by atoms with van der Waals surface area (Å²) in [5.74, 6) is 0.0917. The van der Waals surface area contributed by atoms with Gasteiger partial charge >= 0.3 is 6.03 Å². The quantitative estimate of drug-likeness (QED) is 0.254. The van der Waals surface area contributed by atoms with Crippen molar-refractivity contribution in [2.75, 3.05) is 46.1 Å². The topological polar surface area (TPSA) is 110 Å². The molecule has 0 aromatic carbocycles. The van der Waals surface area contributed by atoms with E-state index < -0.39 is 5.82 Å². The number of hydrogen-bond donors (Lipinski definition) is 2. The number of carbonyl (C=O) groups is 1. The van der Waals surface area contributed by atoms with Crippen molar-refractivity contribution in [1.29, 1.82) is 0 Å². The molecule has 208 valence electrons. The van der Waals surface area contributed by atoms with Gasteiger partial charge in [-0.05, 0) is 51.2 Å². The van der Waals surface area contributed by atoms with E-state index in [1.54, 1.807) is 12.4 Å². The van der Waals surface area contributed by atoms with Crippen molar-refractivity contribution in [3.63, 3.8) is 0 Å². The van der Waals surface area contributed by atoms with E-state index in [1.807, 2.05) is 24.1 Å². The fourth-order valence-electron chi connectivity index (χ4n) is 5.06. The third kappa shape index (κ3) is 6.54. The summed E-state index contributed by atoms with van der Waals surface area (Å²) < 4.78 is 27.0. The zero-order valence-electron chi connectivity index (χ0n) is 22.4. The molecule has 0 aliphatic carbocycles. The van der Waals surface area contributed by atoms with Crippen LogP contribution in [0.1, 0.15) is 45.1 Å². The van der Waals surface area contributed by atoms with Gasteiger partial charge in [-0.25, -0.2) is 24.1 Å². The second kappa shape index (κ2) is 13.0. The number of fused-ring (bicyclic) bond motifs is 2. The van der Waals surface area contributed by atoms with E-state index >= 15 is 0 Å². The molecule has 0 radical (unpaired) electrons. The van der Waals surface area contributed by atoms with Crippen molar-refractivity contribution in [3.8, 4) is 11.4 Å². The predicted octanol–water partition coefficient (Wildman–Crippen LogP) is 4.68. The van der Waals surface area contributed by atoms with Crippen molar-refractivity contribution in [3.05, 3.63) is 42.7 Å². The van der Waals surface area contributed by atoms with Crippen LogP contribution >= 0.6 is 0 Å². The summed E-state index contributed by atoms with van der Waals surface area (Å²) in [7, 11) is 0. The van der Waals surface area contributed by atoms with E-state index in [4.69, 9.17) is 14.5 Å². The number of likely N-dealkylation sites (tertiary alicyclic amines) is 1. The SMILES string of the molecule is CCOCCCCCOCCNC(=O)N1CCCC(n2ccc3cnc(-c4c[nH]c5ncc(F)cc45)nc32)C1. The van der Waals surface area contributed by atoms with Gasteiger partial charge in [-0.2, -0.15) is 0 Å². The molecule has 0 bridgehead atoms. The number of urea groups is 1. The Morgan fingerprint density at radius 3 is 2.92 bits per heavy atom. The van der Waals surface area contributed by atoms with Gasteiger partial charge in [0.15, 0.2) is 5.82 Å². The minimum atomic E-state index is -0.409. The Hall–Kier alpha value is -3.57. The number of nitrogens with zero attached hydrogens (tertiary/aromatic N) is 5. The van der Waals surface area contributed by atoms with Crippen molar-refractivity contribution >= 4 is 28.1 Å². The summed E-state index contributed by atoms with van der Waals surface area (Å²) in [5.41, 5.74) is 2.08. The molecule has 4 aromatic rings. The van der Waals surface area contributed by atoms with Crippen LogP contribution in [0.5, 0.6) is 0 Å². The first-order chi connectivity index (χ1) is 19.1. The van der Waals surface area contributed by atoms with Crippen molar-refractivity contribution in [2.45, 2.75) is 45.1 Å². The smallest absolute Gasteiger partial charge is 0.317 e. The van der Waals surface area contributed by atoms with Crippen LogP contribution in [-0.4, -0.2) is 81.5 Å². The van der Waals surface area contributed by atoms with Gasteiger partial charge in [-0.3, -0.25) is 0 Å². The molecule has 2 N–H and O–H groups in total. The molecule has 1 saturated heterocycles. The van der Waals surface area contributed by atoms with Crippen LogP contribution in [0.3, 0.4) is 0 Å². The molecule has 1 fully saturated rings. The number of hydrogen-bond acceptors (Lipinski definition) is 6. The lowest BCUT2D eigenvalue weighted by Gasteiger charge is -2.33. The van der Waals surface area contributed by atoms with Crippen molar-refractivity contribution < 1.29 is 18.7 Å². The van der Waals surface area contributed by atoms with Gasteiger partial charge in [0.2, 0.25) is 0 Å². The molecule has 1 unspecified atom stereocenters. The standard InChI is InChI=1S/C28H36FN7O3/c1-2-38-12-4-3-5-13-39-14-9-30-28(37)35-10-6-7-22(19-35)36-11-8-20-16-31-26(34-27(20)36)24-18-33-25-23(24)15-21(29)17-32-25/h8,11,15-18,22H,2-7,9-10,12-14,19H2,1H3,(H,30,37)(H,32,33). The average Bonchev–Trinajstić information content (AvgIpc) is 3.57. The number of pyridine rings is 1. The highest BCUT2D eigenvalue weighted by molar-refractivity contribution is 5.92. The van der Waals surface area contributed by atoms with Crippen LogP contribution in [-0.2, 0) is 9.47 Å². The zero-order valence-corrected chi connectivity index (χ0v) is 22.4. The van der Waals surface area contributed by atoms with E-state index in [1.165, 1.54) is 12.3 Å². The Morgan fingerprint density at radius 1 is 1.18 bits per heavy atom. The second-order valence-corrected chi connectivity index (χ2v) is 9.79. The number of aromatic amines is 1. The van der Waals surface area contributed by atoms with Crippen LogP contribution in [0.25, 0.3) is 33.5 Å². The molecule has 1 atom stereocenters. The number of piperidine rings is 1. The molecule has 1 aliphatic rings. The number of carbonyl (C=O) groups excluding carboxylic acids is 1. The second-order valence-electron chi connectivity index (χ2n) is 9.79. The summed E-state index contributed by atoms with van der Waals surface area (Å²) in [6, 6.07) is 3.45. The number of H-pyrrole nitrogens is 1. The van der Waals surface area contributed by atoms with Crippen molar-refractivity contribution in [1.82, 2.24) is 34.7 Å². The Balaban J connectivity index is 1.17. The van der Waals surface area contributed by atoms with Gasteiger partial charge in [0.05, 0.1) is 18.8 Å². The summed E-state index contributed by atoms with van der Waals surface area (Å²) in [5, 5.41) is 4.54. The Bertz CT molecular complexity index is 1390. The molecule has 5 rings (SSSR count). The molecule has 1 aliphatic heterocycles. The molecular weight excluding hydrogens is 501 g/mol. The monoisotopic (exact) mass is 537 g/mol. The Morgan fingerprint density at radius 2 is 2.05 bits per heavy atom. The first kappa shape index (κ1) is 27.0. The molecule has 11 heteroatoms. The fraction of sp³-hybridized carbons (Fsp3) is 0.500. The minimum Gasteiger partial charge on any atom is -0.382 e. The average molecular weight is 538 g/mol. The summed E-state index contributed by atoms with van der Waals surface area (Å²) in [6.45, 7) is 6.57. The van der Waals surface area contributed by atoms with Crippen LogP contribution in [0.15, 0.2) is 36.9 Å². The molecule has 10 nitrogen and oxygen atoms in total. The van der Waals surface area contributed by atoms with E-state index in [0.717, 1.165) is 62.9 Å². The first-order valence-corrected chi connectivity index (χ1v) is 13.8. The maximum absolute atomic E-state index is 13.8. The lowest BCUT2D eigenvalue weighted by molar-refractivity contribution is 0.118. The van der Waals surface area contributed by atoms with Crippen molar-refractivity contribution in [2.24, 2.45) is 0 Å². The fourth-order valence-corrected chi connectivity index (χ4v) is 5.06. The molecule has 2 amide bonds. The maximum Gasteiger partial charge on any atom is 0.317 e. The number of ether oxygens (including phenoxy) is 2. The maximum atomic E-state index is 13.8.